The van der Waals surface area contributed by atoms with E-state index in [1.54, 1.807) is 13.0 Å². The number of aromatic nitrogens is 3. The first-order valence-electron chi connectivity index (χ1n) is 9.03. The zero-order valence-electron chi connectivity index (χ0n) is 15.8. The maximum Gasteiger partial charge on any atom is 0.311 e. The van der Waals surface area contributed by atoms with Crippen LogP contribution < -0.4 is 5.56 Å². The summed E-state index contributed by atoms with van der Waals surface area (Å²) in [5.41, 5.74) is 2.10. The van der Waals surface area contributed by atoms with Crippen LogP contribution in [0.5, 0.6) is 0 Å². The molecule has 1 aromatic carbocycles. The van der Waals surface area contributed by atoms with Gasteiger partial charge >= 0.3 is 5.97 Å². The van der Waals surface area contributed by atoms with Crippen molar-refractivity contribution >= 4 is 62.2 Å². The summed E-state index contributed by atoms with van der Waals surface area (Å²) in [5, 5.41) is 4.90. The van der Waals surface area contributed by atoms with Gasteiger partial charge in [-0.1, -0.05) is 41.6 Å². The van der Waals surface area contributed by atoms with Crippen molar-refractivity contribution in [2.45, 2.75) is 23.4 Å². The lowest BCUT2D eigenvalue weighted by Gasteiger charge is -2.03. The number of halogens is 1. The third kappa shape index (κ3) is 4.59. The maximum atomic E-state index is 12.8. The number of ether oxygens (including phenoxy) is 1. The fourth-order valence-corrected chi connectivity index (χ4v) is 5.78. The Hall–Kier alpha value is -2.20. The molecule has 0 bridgehead atoms. The molecule has 0 atom stereocenters. The number of rotatable bonds is 7. The molecule has 4 aromatic rings. The highest BCUT2D eigenvalue weighted by Crippen LogP contribution is 2.35. The molecule has 0 radical (unpaired) electrons. The number of thiophene rings is 1. The molecule has 0 unspecified atom stereocenters. The molecular weight excluding hydrogens is 462 g/mol. The highest BCUT2D eigenvalue weighted by atomic mass is 35.5. The van der Waals surface area contributed by atoms with Crippen molar-refractivity contribution in [2.75, 3.05) is 6.61 Å². The molecule has 3 heterocycles. The molecule has 0 saturated heterocycles. The number of carbonyl (C=O) groups is 1. The first kappa shape index (κ1) is 21.0. The molecule has 4 rings (SSSR count). The molecule has 6 nitrogen and oxygen atoms in total. The van der Waals surface area contributed by atoms with Crippen molar-refractivity contribution in [3.8, 4) is 11.1 Å². The van der Waals surface area contributed by atoms with Gasteiger partial charge in [-0.15, -0.1) is 22.7 Å². The Bertz CT molecular complexity index is 1260. The molecule has 154 valence electrons. The maximum absolute atomic E-state index is 12.8. The smallest absolute Gasteiger partial charge is 0.311 e. The predicted octanol–water partition coefficient (Wildman–Crippen LogP) is 5.16. The molecule has 0 saturated carbocycles. The van der Waals surface area contributed by atoms with E-state index < -0.39 is 0 Å². The Morgan fingerprint density at radius 2 is 2.03 bits per heavy atom. The summed E-state index contributed by atoms with van der Waals surface area (Å²) in [6.07, 6.45) is 0.159. The fraction of sp³-hybridized carbons (Fsp3) is 0.200. The Kier molecular flexibility index (Phi) is 6.52. The number of thioether (sulfide) groups is 1. The summed E-state index contributed by atoms with van der Waals surface area (Å²) < 4.78 is 5.75. The number of benzene rings is 1. The summed E-state index contributed by atoms with van der Waals surface area (Å²) in [7, 11) is 0. The van der Waals surface area contributed by atoms with E-state index in [0.717, 1.165) is 15.5 Å². The molecule has 30 heavy (non-hydrogen) atoms. The lowest BCUT2D eigenvalue weighted by molar-refractivity contribution is -0.142. The van der Waals surface area contributed by atoms with Crippen molar-refractivity contribution < 1.29 is 9.53 Å². The van der Waals surface area contributed by atoms with Crippen molar-refractivity contribution in [3.05, 3.63) is 61.9 Å². The van der Waals surface area contributed by atoms with Crippen LogP contribution in [0.1, 0.15) is 18.4 Å². The Balaban J connectivity index is 1.51. The number of thiazole rings is 1. The predicted molar refractivity (Wildman–Crippen MR) is 123 cm³/mol. The Labute approximate surface area is 189 Å². The molecule has 0 amide bonds. The Morgan fingerprint density at radius 1 is 1.20 bits per heavy atom. The number of nitrogens with one attached hydrogen (secondary N) is 1. The summed E-state index contributed by atoms with van der Waals surface area (Å²) in [6.45, 7) is 2.13. The van der Waals surface area contributed by atoms with Crippen LogP contribution in [-0.4, -0.2) is 27.5 Å². The molecule has 0 aliphatic rings. The first-order chi connectivity index (χ1) is 14.5. The van der Waals surface area contributed by atoms with E-state index in [-0.39, 0.29) is 17.9 Å². The summed E-state index contributed by atoms with van der Waals surface area (Å²) in [4.78, 5) is 36.9. The van der Waals surface area contributed by atoms with Gasteiger partial charge in [0.25, 0.3) is 5.56 Å². The van der Waals surface area contributed by atoms with Gasteiger partial charge < -0.3 is 9.72 Å². The van der Waals surface area contributed by atoms with Crippen LogP contribution in [0.25, 0.3) is 21.3 Å². The van der Waals surface area contributed by atoms with E-state index in [0.29, 0.717) is 39.1 Å². The van der Waals surface area contributed by atoms with E-state index >= 15 is 0 Å². The normalized spacial score (nSPS) is 11.1. The molecular formula is C20H16ClN3O3S3. The number of hydrogen-bond acceptors (Lipinski definition) is 8. The van der Waals surface area contributed by atoms with E-state index in [9.17, 15) is 9.59 Å². The van der Waals surface area contributed by atoms with E-state index in [2.05, 4.69) is 15.0 Å². The van der Waals surface area contributed by atoms with Crippen LogP contribution in [0.4, 0.5) is 0 Å². The second-order valence-corrected chi connectivity index (χ2v) is 9.54. The molecule has 1 N–H and O–H groups in total. The minimum absolute atomic E-state index is 0.159. The number of carbonyl (C=O) groups excluding carboxylic acids is 1. The number of nitrogens with zero attached hydrogens (tertiary/aromatic N) is 2. The van der Waals surface area contributed by atoms with Gasteiger partial charge in [0.05, 0.1) is 29.9 Å². The summed E-state index contributed by atoms with van der Waals surface area (Å²) in [6, 6.07) is 7.44. The summed E-state index contributed by atoms with van der Waals surface area (Å²) >= 11 is 10.6. The van der Waals surface area contributed by atoms with Gasteiger partial charge in [-0.3, -0.25) is 9.59 Å². The monoisotopic (exact) mass is 477 g/mol. The minimum atomic E-state index is -0.289. The van der Waals surface area contributed by atoms with E-state index in [1.807, 2.05) is 29.0 Å². The van der Waals surface area contributed by atoms with Crippen LogP contribution in [0, 0.1) is 0 Å². The van der Waals surface area contributed by atoms with Crippen LogP contribution in [0.3, 0.4) is 0 Å². The average molecular weight is 478 g/mol. The number of aromatic amines is 1. The van der Waals surface area contributed by atoms with Crippen molar-refractivity contribution in [3.63, 3.8) is 0 Å². The number of esters is 1. The summed E-state index contributed by atoms with van der Waals surface area (Å²) in [5.74, 6) is 0.756. The van der Waals surface area contributed by atoms with Gasteiger partial charge in [0.1, 0.15) is 10.7 Å². The fourth-order valence-electron chi connectivity index (χ4n) is 2.87. The SMILES string of the molecule is CCOC(=O)Cc1csc(SCc2nc3scc(-c4ccccc4Cl)c3c(=O)[nH]2)n1. The largest absolute Gasteiger partial charge is 0.466 e. The second kappa shape index (κ2) is 9.30. The first-order valence-corrected chi connectivity index (χ1v) is 12.2. The zero-order chi connectivity index (χ0) is 21.1. The molecule has 0 spiro atoms. The van der Waals surface area contributed by atoms with Gasteiger partial charge in [-0.05, 0) is 13.0 Å². The van der Waals surface area contributed by atoms with Crippen molar-refractivity contribution in [1.82, 2.24) is 15.0 Å². The van der Waals surface area contributed by atoms with Gasteiger partial charge in [0.2, 0.25) is 0 Å². The van der Waals surface area contributed by atoms with Crippen LogP contribution in [-0.2, 0) is 21.7 Å². The quantitative estimate of drug-likeness (QED) is 0.292. The van der Waals surface area contributed by atoms with E-state index in [1.165, 1.54) is 34.4 Å². The molecule has 0 aliphatic heterocycles. The third-order valence-corrected chi connectivity index (χ3v) is 7.43. The topological polar surface area (TPSA) is 84.9 Å². The molecule has 3 aromatic heterocycles. The van der Waals surface area contributed by atoms with Gasteiger partial charge in [0.15, 0.2) is 4.34 Å². The lowest BCUT2D eigenvalue weighted by atomic mass is 10.1. The number of fused-ring (bicyclic) bond motifs is 1. The minimum Gasteiger partial charge on any atom is -0.466 e. The molecule has 10 heteroatoms. The average Bonchev–Trinajstić information content (AvgIpc) is 3.34. The zero-order valence-corrected chi connectivity index (χ0v) is 19.0. The van der Waals surface area contributed by atoms with Crippen LogP contribution in [0.15, 0.2) is 44.2 Å². The highest BCUT2D eigenvalue weighted by Gasteiger charge is 2.15. The number of H-pyrrole nitrogens is 1. The third-order valence-electron chi connectivity index (χ3n) is 4.15. The van der Waals surface area contributed by atoms with Gasteiger partial charge in [-0.25, -0.2) is 9.97 Å². The van der Waals surface area contributed by atoms with E-state index in [4.69, 9.17) is 16.3 Å². The lowest BCUT2D eigenvalue weighted by Crippen LogP contribution is -2.10. The van der Waals surface area contributed by atoms with Gasteiger partial charge in [-0.2, -0.15) is 0 Å². The molecule has 0 fully saturated rings. The second-order valence-electron chi connectivity index (χ2n) is 6.20. The van der Waals surface area contributed by atoms with Gasteiger partial charge in [0, 0.05) is 26.9 Å². The number of hydrogen-bond donors (Lipinski definition) is 1. The highest BCUT2D eigenvalue weighted by molar-refractivity contribution is 8.00. The Morgan fingerprint density at radius 3 is 2.83 bits per heavy atom. The van der Waals surface area contributed by atoms with Crippen molar-refractivity contribution in [1.29, 1.82) is 0 Å². The van der Waals surface area contributed by atoms with Crippen molar-refractivity contribution in [2.24, 2.45) is 0 Å². The van der Waals surface area contributed by atoms with Crippen LogP contribution >= 0.6 is 46.0 Å². The molecule has 0 aliphatic carbocycles. The van der Waals surface area contributed by atoms with Crippen LogP contribution in [0.2, 0.25) is 5.02 Å². The standard InChI is InChI=1S/C20H16ClN3O3S3/c1-2-27-16(25)7-11-8-29-20(22-11)30-10-15-23-18(26)17-13(9-28-19(17)24-15)12-5-3-4-6-14(12)21/h3-6,8-9H,2,7,10H2,1H3,(H,23,24,26).